The molecule has 2 heterocycles. The number of rotatable bonds is 2. The van der Waals surface area contributed by atoms with Crippen molar-refractivity contribution in [2.75, 3.05) is 0 Å². The van der Waals surface area contributed by atoms with E-state index in [9.17, 15) is 4.79 Å². The zero-order valence-corrected chi connectivity index (χ0v) is 15.6. The lowest BCUT2D eigenvalue weighted by molar-refractivity contribution is 0.563. The van der Waals surface area contributed by atoms with Gasteiger partial charge in [0.15, 0.2) is 0 Å². The highest BCUT2D eigenvalue weighted by atomic mass is 35.5. The van der Waals surface area contributed by atoms with Crippen LogP contribution in [0.15, 0.2) is 81.3 Å². The van der Waals surface area contributed by atoms with Gasteiger partial charge in [-0.2, -0.15) is 0 Å². The first-order chi connectivity index (χ1) is 13.2. The minimum atomic E-state index is -0.399. The van der Waals surface area contributed by atoms with Gasteiger partial charge in [-0.1, -0.05) is 48.0 Å². The second-order valence-corrected chi connectivity index (χ2v) is 7.52. The largest absolute Gasteiger partial charge is 0.422 e. The Hall–Kier alpha value is -2.95. The lowest BCUT2D eigenvalue weighted by atomic mass is 10.1. The van der Waals surface area contributed by atoms with Crippen LogP contribution < -0.4 is 5.63 Å². The molecule has 0 atom stereocenters. The van der Waals surface area contributed by atoms with Crippen molar-refractivity contribution in [3.8, 4) is 21.8 Å². The predicted octanol–water partition coefficient (Wildman–Crippen LogP) is 6.39. The summed E-state index contributed by atoms with van der Waals surface area (Å²) in [6.45, 7) is 0. The Morgan fingerprint density at radius 3 is 2.63 bits per heavy atom. The smallest absolute Gasteiger partial charge is 0.346 e. The van der Waals surface area contributed by atoms with E-state index in [0.717, 1.165) is 22.0 Å². The van der Waals surface area contributed by atoms with Crippen LogP contribution in [-0.2, 0) is 0 Å². The number of halogens is 1. The summed E-state index contributed by atoms with van der Waals surface area (Å²) in [4.78, 5) is 17.1. The van der Waals surface area contributed by atoms with Crippen LogP contribution in [0.5, 0.6) is 0 Å². The molecule has 0 unspecified atom stereocenters. The van der Waals surface area contributed by atoms with Crippen molar-refractivity contribution in [3.63, 3.8) is 0 Å². The molecule has 0 aliphatic heterocycles. The first-order valence-electron chi connectivity index (χ1n) is 8.36. The molecule has 0 spiro atoms. The minimum absolute atomic E-state index is 0.399. The van der Waals surface area contributed by atoms with Gasteiger partial charge in [-0.05, 0) is 41.1 Å². The van der Waals surface area contributed by atoms with Crippen molar-refractivity contribution in [2.24, 2.45) is 0 Å². The molecule has 5 heteroatoms. The Labute approximate surface area is 163 Å². The summed E-state index contributed by atoms with van der Waals surface area (Å²) < 4.78 is 5.43. The van der Waals surface area contributed by atoms with Crippen LogP contribution in [0.4, 0.5) is 0 Å². The van der Waals surface area contributed by atoms with Gasteiger partial charge in [-0.15, -0.1) is 11.3 Å². The number of thiazole rings is 1. The highest BCUT2D eigenvalue weighted by molar-refractivity contribution is 7.13. The fraction of sp³-hybridized carbons (Fsp3) is 0. The fourth-order valence-electron chi connectivity index (χ4n) is 3.12. The van der Waals surface area contributed by atoms with Crippen molar-refractivity contribution in [2.45, 2.75) is 0 Å². The molecule has 0 N–H and O–H groups in total. The van der Waals surface area contributed by atoms with Crippen molar-refractivity contribution in [3.05, 3.63) is 87.6 Å². The summed E-state index contributed by atoms with van der Waals surface area (Å²) in [5.41, 5.74) is 2.42. The van der Waals surface area contributed by atoms with E-state index in [2.05, 4.69) is 29.2 Å². The molecule has 0 aliphatic carbocycles. The molecule has 0 radical (unpaired) electrons. The maximum absolute atomic E-state index is 12.4. The number of aromatic nitrogens is 1. The number of benzene rings is 3. The van der Waals surface area contributed by atoms with Crippen LogP contribution in [0.3, 0.4) is 0 Å². The summed E-state index contributed by atoms with van der Waals surface area (Å²) in [6.07, 6.45) is 0. The van der Waals surface area contributed by atoms with E-state index in [1.807, 2.05) is 23.6 Å². The average molecular weight is 390 g/mol. The van der Waals surface area contributed by atoms with Crippen LogP contribution in [0.25, 0.3) is 43.6 Å². The lowest BCUT2D eigenvalue weighted by Crippen LogP contribution is -2.02. The van der Waals surface area contributed by atoms with Gasteiger partial charge in [0.05, 0.1) is 11.3 Å². The molecular weight excluding hydrogens is 378 g/mol. The van der Waals surface area contributed by atoms with Gasteiger partial charge in [0, 0.05) is 21.4 Å². The van der Waals surface area contributed by atoms with E-state index in [1.54, 1.807) is 24.3 Å². The SMILES string of the molecule is O=c1oc2ccc(Cl)cc2cc1-c1nc(-c2ccc3ccccc3c2)cs1. The summed E-state index contributed by atoms with van der Waals surface area (Å²) >= 11 is 7.48. The van der Waals surface area contributed by atoms with Crippen molar-refractivity contribution in [1.82, 2.24) is 4.98 Å². The third-order valence-electron chi connectivity index (χ3n) is 4.47. The minimum Gasteiger partial charge on any atom is -0.422 e. The summed E-state index contributed by atoms with van der Waals surface area (Å²) in [7, 11) is 0. The van der Waals surface area contributed by atoms with E-state index < -0.39 is 5.63 Å². The molecule has 0 amide bonds. The van der Waals surface area contributed by atoms with Gasteiger partial charge >= 0.3 is 5.63 Å². The summed E-state index contributed by atoms with van der Waals surface area (Å²) in [6, 6.07) is 21.4. The number of hydrogen-bond acceptors (Lipinski definition) is 4. The van der Waals surface area contributed by atoms with Crippen molar-refractivity contribution in [1.29, 1.82) is 0 Å². The van der Waals surface area contributed by atoms with E-state index >= 15 is 0 Å². The Morgan fingerprint density at radius 2 is 1.74 bits per heavy atom. The maximum Gasteiger partial charge on any atom is 0.346 e. The first-order valence-corrected chi connectivity index (χ1v) is 9.62. The Balaban J connectivity index is 1.61. The van der Waals surface area contributed by atoms with E-state index in [0.29, 0.717) is 21.2 Å². The molecule has 0 aliphatic rings. The zero-order chi connectivity index (χ0) is 18.4. The van der Waals surface area contributed by atoms with Gasteiger partial charge < -0.3 is 4.42 Å². The quantitative estimate of drug-likeness (QED) is 0.328. The molecular formula is C22H12ClNO2S. The summed E-state index contributed by atoms with van der Waals surface area (Å²) in [5.74, 6) is 0. The molecule has 3 nitrogen and oxygen atoms in total. The van der Waals surface area contributed by atoms with Gasteiger partial charge in [-0.3, -0.25) is 0 Å². The number of nitrogens with zero attached hydrogens (tertiary/aromatic N) is 1. The van der Waals surface area contributed by atoms with Gasteiger partial charge in [-0.25, -0.2) is 9.78 Å². The highest BCUT2D eigenvalue weighted by Gasteiger charge is 2.13. The topological polar surface area (TPSA) is 43.1 Å². The molecule has 5 rings (SSSR count). The average Bonchev–Trinajstić information content (AvgIpc) is 3.17. The van der Waals surface area contributed by atoms with E-state index in [1.165, 1.54) is 16.7 Å². The second-order valence-electron chi connectivity index (χ2n) is 6.23. The third-order valence-corrected chi connectivity index (χ3v) is 5.58. The Morgan fingerprint density at radius 1 is 0.889 bits per heavy atom. The molecule has 27 heavy (non-hydrogen) atoms. The maximum atomic E-state index is 12.4. The van der Waals surface area contributed by atoms with E-state index in [-0.39, 0.29) is 0 Å². The highest BCUT2D eigenvalue weighted by Crippen LogP contribution is 2.31. The number of fused-ring (bicyclic) bond motifs is 2. The zero-order valence-electron chi connectivity index (χ0n) is 14.0. The van der Waals surface area contributed by atoms with Crippen LogP contribution in [0.2, 0.25) is 5.02 Å². The normalized spacial score (nSPS) is 11.3. The molecule has 0 bridgehead atoms. The van der Waals surface area contributed by atoms with Crippen molar-refractivity contribution < 1.29 is 4.42 Å². The van der Waals surface area contributed by atoms with Crippen LogP contribution in [0, 0.1) is 0 Å². The molecule has 5 aromatic rings. The second kappa shape index (κ2) is 6.34. The third kappa shape index (κ3) is 2.93. The van der Waals surface area contributed by atoms with Gasteiger partial charge in [0.2, 0.25) is 0 Å². The molecule has 2 aromatic heterocycles. The lowest BCUT2D eigenvalue weighted by Gasteiger charge is -2.01. The van der Waals surface area contributed by atoms with Gasteiger partial charge in [0.1, 0.15) is 10.6 Å². The molecule has 130 valence electrons. The van der Waals surface area contributed by atoms with E-state index in [4.69, 9.17) is 16.0 Å². The molecule has 3 aromatic carbocycles. The molecule has 0 fully saturated rings. The van der Waals surface area contributed by atoms with Crippen LogP contribution >= 0.6 is 22.9 Å². The Bertz CT molecular complexity index is 1370. The standard InChI is InChI=1S/C22H12ClNO2S/c23-17-7-8-20-16(10-17)11-18(22(25)26-20)21-24-19(12-27-21)15-6-5-13-3-1-2-4-14(13)9-15/h1-12H. The summed E-state index contributed by atoms with van der Waals surface area (Å²) in [5, 5.41) is 6.31. The van der Waals surface area contributed by atoms with Crippen LogP contribution in [0.1, 0.15) is 0 Å². The molecule has 0 saturated heterocycles. The van der Waals surface area contributed by atoms with Crippen molar-refractivity contribution >= 4 is 44.7 Å². The fourth-order valence-corrected chi connectivity index (χ4v) is 4.13. The Kier molecular flexibility index (Phi) is 3.81. The monoisotopic (exact) mass is 389 g/mol. The van der Waals surface area contributed by atoms with Crippen LogP contribution in [-0.4, -0.2) is 4.98 Å². The first kappa shape index (κ1) is 16.2. The predicted molar refractivity (Wildman–Crippen MR) is 112 cm³/mol. The molecule has 0 saturated carbocycles. The number of hydrogen-bond donors (Lipinski definition) is 0. The van der Waals surface area contributed by atoms with Gasteiger partial charge in [0.25, 0.3) is 0 Å².